The molecule has 1 aliphatic heterocycles. The largest absolute Gasteiger partial charge is 0.543 e. The first kappa shape index (κ1) is 27.6. The van der Waals surface area contributed by atoms with E-state index in [1.165, 1.54) is 0 Å². The number of esters is 1. The van der Waals surface area contributed by atoms with Crippen molar-refractivity contribution in [3.8, 4) is 5.75 Å². The molecular weight excluding hydrogens is 482 g/mol. The van der Waals surface area contributed by atoms with E-state index in [0.29, 0.717) is 43.3 Å². The van der Waals surface area contributed by atoms with E-state index in [4.69, 9.17) is 20.8 Å². The number of piperidine rings is 1. The van der Waals surface area contributed by atoms with Crippen molar-refractivity contribution < 1.29 is 19.1 Å². The van der Waals surface area contributed by atoms with Crippen LogP contribution in [0.2, 0.25) is 23.2 Å². The molecule has 0 saturated carbocycles. The molecule has 35 heavy (non-hydrogen) atoms. The highest BCUT2D eigenvalue weighted by molar-refractivity contribution is 6.74. The van der Waals surface area contributed by atoms with Gasteiger partial charge in [0.05, 0.1) is 17.2 Å². The summed E-state index contributed by atoms with van der Waals surface area (Å²) in [4.78, 5) is 14.4. The van der Waals surface area contributed by atoms with Crippen molar-refractivity contribution in [1.82, 2.24) is 9.78 Å². The first-order chi connectivity index (χ1) is 16.2. The number of carbonyl (C=O) groups excluding carboxylic acids is 1. The molecule has 0 radical (unpaired) electrons. The van der Waals surface area contributed by atoms with E-state index in [1.807, 2.05) is 36.7 Å². The Morgan fingerprint density at radius 1 is 1.23 bits per heavy atom. The Hall–Kier alpha value is -2.03. The van der Waals surface area contributed by atoms with Gasteiger partial charge in [0.2, 0.25) is 8.32 Å². The number of carbonyl (C=O) groups is 1. The monoisotopic (exact) mass is 521 g/mol. The molecule has 7 nitrogen and oxygen atoms in total. The van der Waals surface area contributed by atoms with Crippen LogP contribution in [0.4, 0.5) is 5.82 Å². The van der Waals surface area contributed by atoms with Crippen molar-refractivity contribution >= 4 is 31.7 Å². The Morgan fingerprint density at radius 3 is 2.37 bits per heavy atom. The van der Waals surface area contributed by atoms with Crippen molar-refractivity contribution in [2.45, 2.75) is 84.2 Å². The van der Waals surface area contributed by atoms with Crippen LogP contribution in [0.25, 0.3) is 0 Å². The summed E-state index contributed by atoms with van der Waals surface area (Å²) in [6.07, 6.45) is 1.01. The van der Waals surface area contributed by atoms with Crippen molar-refractivity contribution in [2.75, 3.05) is 24.6 Å². The van der Waals surface area contributed by atoms with Crippen LogP contribution >= 0.6 is 11.6 Å². The second-order valence-corrected chi connectivity index (χ2v) is 16.3. The minimum Gasteiger partial charge on any atom is -0.543 e. The molecule has 1 aromatic carbocycles. The van der Waals surface area contributed by atoms with Gasteiger partial charge in [-0.15, -0.1) is 0 Å². The summed E-state index contributed by atoms with van der Waals surface area (Å²) in [5.41, 5.74) is -0.00170. The van der Waals surface area contributed by atoms with E-state index < -0.39 is 19.9 Å². The van der Waals surface area contributed by atoms with Gasteiger partial charge in [0.15, 0.2) is 5.69 Å². The number of hydrogen-bond acceptors (Lipinski definition) is 6. The van der Waals surface area contributed by atoms with E-state index in [-0.39, 0.29) is 11.1 Å². The molecule has 0 atom stereocenters. The van der Waals surface area contributed by atoms with Crippen molar-refractivity contribution in [2.24, 2.45) is 0 Å². The van der Waals surface area contributed by atoms with Crippen molar-refractivity contribution in [3.05, 3.63) is 40.5 Å². The minimum atomic E-state index is -1.99. The quantitative estimate of drug-likeness (QED) is 0.347. The van der Waals surface area contributed by atoms with Gasteiger partial charge < -0.3 is 19.2 Å². The fraction of sp³-hybridized carbons (Fsp3) is 0.615. The SMILES string of the molecule is CCOC(=O)c1cc(N2CCC(O)(c3ccc(O[Si](C)(C)C(C)(C)C)cc3Cl)CC2)n(C(C)C)n1. The van der Waals surface area contributed by atoms with E-state index in [0.717, 1.165) is 17.1 Å². The molecule has 0 amide bonds. The molecule has 9 heteroatoms. The summed E-state index contributed by atoms with van der Waals surface area (Å²) in [5, 5.41) is 16.6. The van der Waals surface area contributed by atoms with Crippen LogP contribution in [-0.4, -0.2) is 48.9 Å². The third-order valence-corrected chi connectivity index (χ3v) is 11.9. The second-order valence-electron chi connectivity index (χ2n) is 11.2. The lowest BCUT2D eigenvalue weighted by atomic mass is 9.84. The highest BCUT2D eigenvalue weighted by Crippen LogP contribution is 2.42. The smallest absolute Gasteiger partial charge is 0.358 e. The van der Waals surface area contributed by atoms with Gasteiger partial charge in [-0.3, -0.25) is 0 Å². The molecule has 1 fully saturated rings. The lowest BCUT2D eigenvalue weighted by molar-refractivity contribution is 0.0116. The lowest BCUT2D eigenvalue weighted by Gasteiger charge is -2.40. The number of rotatable bonds is 7. The van der Waals surface area contributed by atoms with Crippen molar-refractivity contribution in [1.29, 1.82) is 0 Å². The van der Waals surface area contributed by atoms with Crippen LogP contribution in [0.5, 0.6) is 5.75 Å². The molecule has 0 bridgehead atoms. The van der Waals surface area contributed by atoms with Crippen LogP contribution in [0.3, 0.4) is 0 Å². The van der Waals surface area contributed by atoms with Gasteiger partial charge in [0.1, 0.15) is 11.6 Å². The Kier molecular flexibility index (Phi) is 7.99. The molecule has 1 aliphatic rings. The Morgan fingerprint density at radius 2 is 1.86 bits per heavy atom. The lowest BCUT2D eigenvalue weighted by Crippen LogP contribution is -2.44. The highest BCUT2D eigenvalue weighted by Gasteiger charge is 2.40. The van der Waals surface area contributed by atoms with E-state index in [2.05, 4.69) is 43.9 Å². The standard InChI is InChI=1S/C26H40ClN3O4Si/c1-9-33-24(31)22-17-23(30(28-22)18(2)3)29-14-12-26(32,13-15-29)20-11-10-19(16-21(20)27)34-35(7,8)25(4,5)6/h10-11,16-18,32H,9,12-15H2,1-8H3. The Balaban J connectivity index is 1.77. The molecule has 0 unspecified atom stereocenters. The number of anilines is 1. The molecule has 2 aromatic rings. The van der Waals surface area contributed by atoms with Crippen LogP contribution in [0.1, 0.15) is 76.5 Å². The van der Waals surface area contributed by atoms with Crippen molar-refractivity contribution in [3.63, 3.8) is 0 Å². The summed E-state index contributed by atoms with van der Waals surface area (Å²) in [7, 11) is -1.99. The number of hydrogen-bond donors (Lipinski definition) is 1. The molecule has 3 rings (SSSR count). The Labute approximate surface area is 215 Å². The van der Waals surface area contributed by atoms with Crippen LogP contribution in [0.15, 0.2) is 24.3 Å². The number of nitrogens with zero attached hydrogens (tertiary/aromatic N) is 3. The number of halogens is 1. The number of ether oxygens (including phenoxy) is 1. The van der Waals surface area contributed by atoms with Gasteiger partial charge in [-0.25, -0.2) is 9.48 Å². The predicted molar refractivity (Wildman–Crippen MR) is 143 cm³/mol. The number of benzene rings is 1. The maximum Gasteiger partial charge on any atom is 0.358 e. The molecule has 1 aromatic heterocycles. The summed E-state index contributed by atoms with van der Waals surface area (Å²) < 4.78 is 13.4. The molecule has 194 valence electrons. The summed E-state index contributed by atoms with van der Waals surface area (Å²) in [5.74, 6) is 1.18. The average Bonchev–Trinajstić information content (AvgIpc) is 3.19. The fourth-order valence-electron chi connectivity index (χ4n) is 4.07. The van der Waals surface area contributed by atoms with Gasteiger partial charge in [0, 0.05) is 30.8 Å². The van der Waals surface area contributed by atoms with Gasteiger partial charge in [-0.2, -0.15) is 5.10 Å². The van der Waals surface area contributed by atoms with Crippen LogP contribution in [0, 0.1) is 0 Å². The zero-order valence-corrected chi connectivity index (χ0v) is 24.1. The average molecular weight is 522 g/mol. The maximum atomic E-state index is 12.2. The predicted octanol–water partition coefficient (Wildman–Crippen LogP) is 6.17. The zero-order valence-electron chi connectivity index (χ0n) is 22.3. The molecule has 1 N–H and O–H groups in total. The highest BCUT2D eigenvalue weighted by atomic mass is 35.5. The maximum absolute atomic E-state index is 12.2. The third-order valence-electron chi connectivity index (χ3n) is 7.23. The Bertz CT molecular complexity index is 1050. The first-order valence-corrected chi connectivity index (χ1v) is 15.7. The van der Waals surface area contributed by atoms with E-state index in [1.54, 1.807) is 13.0 Å². The van der Waals surface area contributed by atoms with Gasteiger partial charge >= 0.3 is 5.97 Å². The third kappa shape index (κ3) is 5.86. The number of aliphatic hydroxyl groups is 1. The topological polar surface area (TPSA) is 76.8 Å². The summed E-state index contributed by atoms with van der Waals surface area (Å²) >= 11 is 6.68. The molecule has 1 saturated heterocycles. The second kappa shape index (κ2) is 10.1. The summed E-state index contributed by atoms with van der Waals surface area (Å²) in [6.45, 7) is 18.4. The normalized spacial score (nSPS) is 16.5. The molecule has 0 spiro atoms. The molecular formula is C26H40ClN3O4Si. The fourth-order valence-corrected chi connectivity index (χ4v) is 5.43. The van der Waals surface area contributed by atoms with E-state index >= 15 is 0 Å². The van der Waals surface area contributed by atoms with Gasteiger partial charge in [0.25, 0.3) is 0 Å². The molecule has 2 heterocycles. The zero-order chi connectivity index (χ0) is 26.2. The van der Waals surface area contributed by atoms with Gasteiger partial charge in [-0.05, 0) is 63.9 Å². The first-order valence-electron chi connectivity index (χ1n) is 12.4. The van der Waals surface area contributed by atoms with Crippen LogP contribution in [-0.2, 0) is 10.3 Å². The number of aromatic nitrogens is 2. The minimum absolute atomic E-state index is 0.0804. The molecule has 0 aliphatic carbocycles. The van der Waals surface area contributed by atoms with Crippen LogP contribution < -0.4 is 9.33 Å². The summed E-state index contributed by atoms with van der Waals surface area (Å²) in [6, 6.07) is 7.52. The van der Waals surface area contributed by atoms with E-state index in [9.17, 15) is 9.90 Å². The van der Waals surface area contributed by atoms with Gasteiger partial charge in [-0.1, -0.05) is 38.4 Å².